The van der Waals surface area contributed by atoms with Gasteiger partial charge in [-0.05, 0) is 70.6 Å². The van der Waals surface area contributed by atoms with Gasteiger partial charge in [-0.25, -0.2) is 4.57 Å². The van der Waals surface area contributed by atoms with E-state index >= 15 is 0 Å². The largest absolute Gasteiger partial charge is 0.472 e. The van der Waals surface area contributed by atoms with Gasteiger partial charge in [-0.2, -0.15) is 0 Å². The van der Waals surface area contributed by atoms with Crippen LogP contribution < -0.4 is 11.1 Å². The number of nitrogens with one attached hydrogen (secondary N) is 1. The SMILES string of the molecule is CCCC/C=C\C/C=C\CCCCCCCC(=O)NC(COP(=O)(O)OCCN)C(O)/C=C/CC/C=C/CC/C=C/CCCCCC. The van der Waals surface area contributed by atoms with Crippen LogP contribution in [0.1, 0.15) is 142 Å². The number of phosphoric ester groups is 1. The maximum absolute atomic E-state index is 12.7. The second-order valence-corrected chi connectivity index (χ2v) is 13.5. The second kappa shape index (κ2) is 34.1. The van der Waals surface area contributed by atoms with Crippen LogP contribution in [0.3, 0.4) is 0 Å². The van der Waals surface area contributed by atoms with Crippen molar-refractivity contribution in [1.82, 2.24) is 5.32 Å². The number of unbranched alkanes of at least 4 members (excludes halogenated alkanes) is 13. The summed E-state index contributed by atoms with van der Waals surface area (Å²) in [5.41, 5.74) is 5.34. The Bertz CT molecular complexity index is 918. The van der Waals surface area contributed by atoms with Crippen LogP contribution in [0.15, 0.2) is 60.8 Å². The lowest BCUT2D eigenvalue weighted by Gasteiger charge is -2.23. The van der Waals surface area contributed by atoms with Crippen LogP contribution in [-0.2, 0) is 18.4 Å². The van der Waals surface area contributed by atoms with E-state index < -0.39 is 20.0 Å². The molecule has 0 heterocycles. The Kier molecular flexibility index (Phi) is 32.8. The number of carbonyl (C=O) groups is 1. The van der Waals surface area contributed by atoms with Crippen LogP contribution in [0.25, 0.3) is 0 Å². The molecule has 0 aliphatic rings. The highest BCUT2D eigenvalue weighted by Crippen LogP contribution is 2.43. The number of phosphoric acid groups is 1. The fourth-order valence-electron chi connectivity index (χ4n) is 4.71. The van der Waals surface area contributed by atoms with Crippen molar-refractivity contribution < 1.29 is 28.4 Å². The molecule has 272 valence electrons. The Morgan fingerprint density at radius 1 is 0.702 bits per heavy atom. The molecule has 5 N–H and O–H groups in total. The molecular weight excluding hydrogens is 611 g/mol. The molecule has 0 aromatic carbocycles. The van der Waals surface area contributed by atoms with E-state index in [9.17, 15) is 19.4 Å². The van der Waals surface area contributed by atoms with E-state index in [1.165, 1.54) is 44.9 Å². The van der Waals surface area contributed by atoms with Crippen LogP contribution in [0.5, 0.6) is 0 Å². The minimum atomic E-state index is -4.35. The first kappa shape index (κ1) is 45.2. The Labute approximate surface area is 287 Å². The number of nitrogens with two attached hydrogens (primary N) is 1. The maximum atomic E-state index is 12.7. The lowest BCUT2D eigenvalue weighted by Crippen LogP contribution is -2.45. The lowest BCUT2D eigenvalue weighted by atomic mass is 10.1. The molecule has 1 amide bonds. The summed E-state index contributed by atoms with van der Waals surface area (Å²) in [5, 5.41) is 13.5. The third kappa shape index (κ3) is 32.5. The Hall–Kier alpha value is -1.80. The normalized spacial score (nSPS) is 15.1. The quantitative estimate of drug-likeness (QED) is 0.0308. The van der Waals surface area contributed by atoms with E-state index in [1.807, 2.05) is 6.08 Å². The average Bonchev–Trinajstić information content (AvgIpc) is 3.05. The summed E-state index contributed by atoms with van der Waals surface area (Å²) in [5.74, 6) is -0.227. The van der Waals surface area contributed by atoms with E-state index in [1.54, 1.807) is 6.08 Å². The van der Waals surface area contributed by atoms with Crippen molar-refractivity contribution in [2.24, 2.45) is 5.73 Å². The van der Waals surface area contributed by atoms with E-state index in [-0.39, 0.29) is 25.7 Å². The minimum absolute atomic E-state index is 0.0667. The molecule has 0 rings (SSSR count). The van der Waals surface area contributed by atoms with E-state index in [0.29, 0.717) is 6.42 Å². The number of hydrogen-bond acceptors (Lipinski definition) is 6. The number of aliphatic hydroxyl groups excluding tert-OH is 1. The van der Waals surface area contributed by atoms with Gasteiger partial charge in [0.25, 0.3) is 0 Å². The predicted octanol–water partition coefficient (Wildman–Crippen LogP) is 9.55. The maximum Gasteiger partial charge on any atom is 0.472 e. The van der Waals surface area contributed by atoms with Crippen LogP contribution in [0.2, 0.25) is 0 Å². The highest BCUT2D eigenvalue weighted by molar-refractivity contribution is 7.47. The summed E-state index contributed by atoms with van der Waals surface area (Å²) >= 11 is 0. The number of aliphatic hydroxyl groups is 1. The molecule has 0 radical (unpaired) electrons. The molecule has 3 unspecified atom stereocenters. The predicted molar refractivity (Wildman–Crippen MR) is 198 cm³/mol. The van der Waals surface area contributed by atoms with Crippen LogP contribution in [0, 0.1) is 0 Å². The highest BCUT2D eigenvalue weighted by Gasteiger charge is 2.26. The molecule has 0 spiro atoms. The third-order valence-corrected chi connectivity index (χ3v) is 8.53. The standard InChI is InChI=1S/C38H69N2O6P/c1-3-5-7-9-11-13-15-17-19-21-23-25-27-29-31-37(41)36(35-46-47(43,44)45-34-33-39)40-38(42)32-30-28-26-24-22-20-18-16-14-12-10-8-6-4-2/h10,12-13,15-16,18,21,23,29,31,36-37,41H,3-9,11,14,17,19-20,22,24-28,30,32-35,39H2,1-2H3,(H,40,42)(H,43,44)/b12-10-,15-13+,18-16-,23-21+,31-29+. The smallest absolute Gasteiger partial charge is 0.387 e. The van der Waals surface area contributed by atoms with Gasteiger partial charge in [0.05, 0.1) is 25.4 Å². The van der Waals surface area contributed by atoms with Crippen LogP contribution in [-0.4, -0.2) is 47.8 Å². The fourth-order valence-corrected chi connectivity index (χ4v) is 5.47. The van der Waals surface area contributed by atoms with E-state index in [0.717, 1.165) is 77.0 Å². The first-order valence-electron chi connectivity index (χ1n) is 18.4. The van der Waals surface area contributed by atoms with Crippen molar-refractivity contribution >= 4 is 13.7 Å². The molecular formula is C38H69N2O6P. The molecule has 0 saturated heterocycles. The Morgan fingerprint density at radius 2 is 1.21 bits per heavy atom. The molecule has 0 fully saturated rings. The zero-order chi connectivity index (χ0) is 34.7. The minimum Gasteiger partial charge on any atom is -0.387 e. The zero-order valence-electron chi connectivity index (χ0n) is 29.7. The number of hydrogen-bond donors (Lipinski definition) is 4. The molecule has 0 bridgehead atoms. The number of carbonyl (C=O) groups excluding carboxylic acids is 1. The topological polar surface area (TPSA) is 131 Å². The molecule has 0 aromatic heterocycles. The summed E-state index contributed by atoms with van der Waals surface area (Å²) in [6.45, 7) is 3.99. The van der Waals surface area contributed by atoms with Gasteiger partial charge in [-0.1, -0.05) is 126 Å². The van der Waals surface area contributed by atoms with Crippen molar-refractivity contribution in [3.63, 3.8) is 0 Å². The molecule has 8 nitrogen and oxygen atoms in total. The van der Waals surface area contributed by atoms with Gasteiger partial charge in [-0.3, -0.25) is 13.8 Å². The van der Waals surface area contributed by atoms with Gasteiger partial charge in [0.2, 0.25) is 5.91 Å². The number of amides is 1. The molecule has 47 heavy (non-hydrogen) atoms. The second-order valence-electron chi connectivity index (χ2n) is 12.1. The lowest BCUT2D eigenvalue weighted by molar-refractivity contribution is -0.123. The van der Waals surface area contributed by atoms with Crippen molar-refractivity contribution in [3.8, 4) is 0 Å². The molecule has 0 aromatic rings. The van der Waals surface area contributed by atoms with Crippen LogP contribution >= 0.6 is 7.82 Å². The van der Waals surface area contributed by atoms with Gasteiger partial charge < -0.3 is 21.1 Å². The molecule has 9 heteroatoms. The van der Waals surface area contributed by atoms with Gasteiger partial charge in [0, 0.05) is 13.0 Å². The molecule has 0 aliphatic heterocycles. The van der Waals surface area contributed by atoms with Gasteiger partial charge in [0.15, 0.2) is 0 Å². The fraction of sp³-hybridized carbons (Fsp3) is 0.711. The molecule has 3 atom stereocenters. The van der Waals surface area contributed by atoms with Crippen molar-refractivity contribution in [2.75, 3.05) is 19.8 Å². The monoisotopic (exact) mass is 680 g/mol. The summed E-state index contributed by atoms with van der Waals surface area (Å²) < 4.78 is 22.0. The summed E-state index contributed by atoms with van der Waals surface area (Å²) in [6.07, 6.45) is 41.2. The van der Waals surface area contributed by atoms with Crippen molar-refractivity contribution in [3.05, 3.63) is 60.8 Å². The summed E-state index contributed by atoms with van der Waals surface area (Å²) in [4.78, 5) is 22.6. The Balaban J connectivity index is 4.47. The number of allylic oxidation sites excluding steroid dienone is 9. The van der Waals surface area contributed by atoms with Gasteiger partial charge in [-0.15, -0.1) is 0 Å². The average molecular weight is 681 g/mol. The first-order chi connectivity index (χ1) is 22.9. The van der Waals surface area contributed by atoms with Crippen molar-refractivity contribution in [2.45, 2.75) is 154 Å². The highest BCUT2D eigenvalue weighted by atomic mass is 31.2. The zero-order valence-corrected chi connectivity index (χ0v) is 30.6. The van der Waals surface area contributed by atoms with Crippen molar-refractivity contribution in [1.29, 1.82) is 0 Å². The number of rotatable bonds is 33. The van der Waals surface area contributed by atoms with E-state index in [2.05, 4.69) is 67.8 Å². The summed E-state index contributed by atoms with van der Waals surface area (Å²) in [6, 6.07) is -0.890. The first-order valence-corrected chi connectivity index (χ1v) is 19.9. The van der Waals surface area contributed by atoms with Gasteiger partial charge >= 0.3 is 7.82 Å². The Morgan fingerprint density at radius 3 is 1.83 bits per heavy atom. The third-order valence-electron chi connectivity index (χ3n) is 7.54. The van der Waals surface area contributed by atoms with E-state index in [4.69, 9.17) is 14.8 Å². The van der Waals surface area contributed by atoms with Gasteiger partial charge in [0.1, 0.15) is 0 Å². The van der Waals surface area contributed by atoms with Crippen LogP contribution in [0.4, 0.5) is 0 Å². The molecule has 0 saturated carbocycles. The summed E-state index contributed by atoms with van der Waals surface area (Å²) in [7, 11) is -4.35. The molecule has 0 aliphatic carbocycles.